The van der Waals surface area contributed by atoms with Crippen molar-refractivity contribution in [3.8, 4) is 0 Å². The van der Waals surface area contributed by atoms with Crippen molar-refractivity contribution in [2.24, 2.45) is 0 Å². The molecule has 1 aromatic heterocycles. The maximum atomic E-state index is 8.53. The highest BCUT2D eigenvalue weighted by molar-refractivity contribution is 14.1. The van der Waals surface area contributed by atoms with E-state index in [1.165, 1.54) is 0 Å². The van der Waals surface area contributed by atoms with Gasteiger partial charge in [-0.3, -0.25) is 0 Å². The molecule has 0 saturated heterocycles. The third-order valence-corrected chi connectivity index (χ3v) is 1.57. The van der Waals surface area contributed by atoms with E-state index in [4.69, 9.17) is 5.11 Å². The molecular weight excluding hydrogens is 233 g/mol. The molecule has 0 aliphatic carbocycles. The number of aliphatic hydroxyl groups excluding tert-OH is 1. The highest BCUT2D eigenvalue weighted by atomic mass is 127. The predicted octanol–water partition coefficient (Wildman–Crippen LogP) is 0.163. The van der Waals surface area contributed by atoms with E-state index in [-0.39, 0.29) is 6.61 Å². The van der Waals surface area contributed by atoms with Crippen LogP contribution in [0.15, 0.2) is 6.20 Å². The van der Waals surface area contributed by atoms with Crippen LogP contribution in [0.1, 0.15) is 5.69 Å². The van der Waals surface area contributed by atoms with Gasteiger partial charge in [-0.25, -0.2) is 4.68 Å². The molecule has 4 nitrogen and oxygen atoms in total. The Morgan fingerprint density at radius 1 is 1.78 bits per heavy atom. The third-order valence-electron chi connectivity index (χ3n) is 0.871. The van der Waals surface area contributed by atoms with Gasteiger partial charge in [0, 0.05) is 0 Å². The van der Waals surface area contributed by atoms with E-state index < -0.39 is 0 Å². The monoisotopic (exact) mass is 239 g/mol. The SMILES string of the molecule is OCc1cn(CI)nn1. The fourth-order valence-corrected chi connectivity index (χ4v) is 0.803. The van der Waals surface area contributed by atoms with Gasteiger partial charge in [-0.05, 0) is 0 Å². The highest BCUT2D eigenvalue weighted by Gasteiger charge is 1.94. The lowest BCUT2D eigenvalue weighted by Gasteiger charge is -1.85. The molecule has 1 aromatic rings. The van der Waals surface area contributed by atoms with Gasteiger partial charge in [0.1, 0.15) is 5.69 Å². The largest absolute Gasteiger partial charge is 0.390 e. The van der Waals surface area contributed by atoms with E-state index in [1.807, 2.05) is 0 Å². The molecule has 0 amide bonds. The summed E-state index contributed by atoms with van der Waals surface area (Å²) < 4.78 is 2.43. The number of hydrogen-bond donors (Lipinski definition) is 1. The van der Waals surface area contributed by atoms with Crippen molar-refractivity contribution >= 4 is 22.6 Å². The van der Waals surface area contributed by atoms with Crippen molar-refractivity contribution in [2.45, 2.75) is 11.2 Å². The molecule has 0 bridgehead atoms. The van der Waals surface area contributed by atoms with Gasteiger partial charge in [-0.15, -0.1) is 5.10 Å². The van der Waals surface area contributed by atoms with E-state index in [2.05, 4.69) is 32.9 Å². The van der Waals surface area contributed by atoms with Crippen LogP contribution in [-0.4, -0.2) is 20.1 Å². The van der Waals surface area contributed by atoms with Crippen LogP contribution >= 0.6 is 22.6 Å². The van der Waals surface area contributed by atoms with Crippen molar-refractivity contribution in [1.29, 1.82) is 0 Å². The number of hydrogen-bond acceptors (Lipinski definition) is 3. The molecule has 1 rings (SSSR count). The Labute approximate surface area is 66.0 Å². The van der Waals surface area contributed by atoms with Gasteiger partial charge in [0.05, 0.1) is 17.4 Å². The number of aliphatic hydroxyl groups is 1. The summed E-state index contributed by atoms with van der Waals surface area (Å²) in [6.07, 6.45) is 1.71. The molecule has 1 N–H and O–H groups in total. The molecule has 0 fully saturated rings. The fourth-order valence-electron chi connectivity index (χ4n) is 0.469. The number of rotatable bonds is 2. The molecular formula is C4H6IN3O. The summed E-state index contributed by atoms with van der Waals surface area (Å²) in [7, 11) is 0. The van der Waals surface area contributed by atoms with E-state index >= 15 is 0 Å². The minimum atomic E-state index is -0.0311. The lowest BCUT2D eigenvalue weighted by molar-refractivity contribution is 0.276. The van der Waals surface area contributed by atoms with Crippen LogP contribution in [0.25, 0.3) is 0 Å². The Balaban J connectivity index is 2.74. The average Bonchev–Trinajstić information content (AvgIpc) is 2.34. The van der Waals surface area contributed by atoms with Crippen molar-refractivity contribution < 1.29 is 5.11 Å². The molecule has 0 saturated carbocycles. The average molecular weight is 239 g/mol. The maximum Gasteiger partial charge on any atom is 0.108 e. The van der Waals surface area contributed by atoms with Crippen LogP contribution in [0.3, 0.4) is 0 Å². The summed E-state index contributed by atoms with van der Waals surface area (Å²) >= 11 is 2.16. The van der Waals surface area contributed by atoms with Crippen LogP contribution in [-0.2, 0) is 11.2 Å². The molecule has 0 atom stereocenters. The molecule has 0 unspecified atom stereocenters. The van der Waals surface area contributed by atoms with E-state index in [9.17, 15) is 0 Å². The first-order valence-corrected chi connectivity index (χ1v) is 3.95. The molecule has 5 heteroatoms. The van der Waals surface area contributed by atoms with Crippen molar-refractivity contribution in [3.63, 3.8) is 0 Å². The van der Waals surface area contributed by atoms with Crippen LogP contribution in [0.2, 0.25) is 0 Å². The summed E-state index contributed by atoms with van der Waals surface area (Å²) in [4.78, 5) is 0. The molecule has 50 valence electrons. The normalized spacial score (nSPS) is 10.0. The third kappa shape index (κ3) is 1.62. The topological polar surface area (TPSA) is 50.9 Å². The van der Waals surface area contributed by atoms with Crippen LogP contribution < -0.4 is 0 Å². The molecule has 0 radical (unpaired) electrons. The van der Waals surface area contributed by atoms with Crippen LogP contribution in [0.4, 0.5) is 0 Å². The summed E-state index contributed by atoms with van der Waals surface area (Å²) in [5.74, 6) is 0. The van der Waals surface area contributed by atoms with Crippen molar-refractivity contribution in [2.75, 3.05) is 0 Å². The minimum Gasteiger partial charge on any atom is -0.390 e. The number of halogens is 1. The fraction of sp³-hybridized carbons (Fsp3) is 0.500. The standard InChI is InChI=1S/C4H6IN3O/c5-3-8-1-4(2-9)6-7-8/h1,9H,2-3H2. The zero-order valence-corrected chi connectivity index (χ0v) is 6.82. The first-order valence-electron chi connectivity index (χ1n) is 2.42. The van der Waals surface area contributed by atoms with Gasteiger partial charge in [-0.1, -0.05) is 27.8 Å². The summed E-state index contributed by atoms with van der Waals surface area (Å²) in [6.45, 7) is -0.0311. The van der Waals surface area contributed by atoms with Gasteiger partial charge >= 0.3 is 0 Å². The number of alkyl halides is 1. The molecule has 1 heterocycles. The zero-order valence-electron chi connectivity index (χ0n) is 4.66. The summed E-state index contributed by atoms with van der Waals surface area (Å²) in [6, 6.07) is 0. The first kappa shape index (κ1) is 6.94. The van der Waals surface area contributed by atoms with Crippen molar-refractivity contribution in [3.05, 3.63) is 11.9 Å². The Bertz CT molecular complexity index is 169. The lowest BCUT2D eigenvalue weighted by atomic mass is 10.5. The zero-order chi connectivity index (χ0) is 6.69. The van der Waals surface area contributed by atoms with E-state index in [0.717, 1.165) is 4.55 Å². The summed E-state index contributed by atoms with van der Waals surface area (Å²) in [5, 5.41) is 15.9. The quantitative estimate of drug-likeness (QED) is 0.590. The second-order valence-corrected chi connectivity index (χ2v) is 2.21. The Kier molecular flexibility index (Phi) is 2.40. The lowest BCUT2D eigenvalue weighted by Crippen LogP contribution is -1.90. The van der Waals surface area contributed by atoms with Crippen LogP contribution in [0, 0.1) is 0 Å². The van der Waals surface area contributed by atoms with E-state index in [1.54, 1.807) is 10.9 Å². The number of aromatic nitrogens is 3. The Morgan fingerprint density at radius 3 is 2.89 bits per heavy atom. The molecule has 0 aliphatic rings. The van der Waals surface area contributed by atoms with E-state index in [0.29, 0.717) is 5.69 Å². The Hall–Kier alpha value is -0.170. The van der Waals surface area contributed by atoms with Gasteiger partial charge in [0.25, 0.3) is 0 Å². The maximum absolute atomic E-state index is 8.53. The Morgan fingerprint density at radius 2 is 2.56 bits per heavy atom. The molecule has 0 spiro atoms. The van der Waals surface area contributed by atoms with Gasteiger partial charge < -0.3 is 5.11 Å². The second kappa shape index (κ2) is 3.11. The van der Waals surface area contributed by atoms with Crippen LogP contribution in [0.5, 0.6) is 0 Å². The second-order valence-electron chi connectivity index (χ2n) is 1.53. The first-order chi connectivity index (χ1) is 4.36. The van der Waals surface area contributed by atoms with Gasteiger partial charge in [0.15, 0.2) is 0 Å². The van der Waals surface area contributed by atoms with Gasteiger partial charge in [0.2, 0.25) is 0 Å². The molecule has 9 heavy (non-hydrogen) atoms. The predicted molar refractivity (Wildman–Crippen MR) is 40.0 cm³/mol. The summed E-state index contributed by atoms with van der Waals surface area (Å²) in [5.41, 5.74) is 0.617. The van der Waals surface area contributed by atoms with Crippen molar-refractivity contribution in [1.82, 2.24) is 15.0 Å². The molecule has 0 aromatic carbocycles. The molecule has 0 aliphatic heterocycles. The van der Waals surface area contributed by atoms with Gasteiger partial charge in [-0.2, -0.15) is 0 Å². The number of nitrogens with zero attached hydrogens (tertiary/aromatic N) is 3. The minimum absolute atomic E-state index is 0.0311. The highest BCUT2D eigenvalue weighted by Crippen LogP contribution is 1.94. The smallest absolute Gasteiger partial charge is 0.108 e.